The molecule has 0 unspecified atom stereocenters. The molecule has 1 amide bonds. The number of nitrogens with two attached hydrogens (primary N) is 1. The van der Waals surface area contributed by atoms with E-state index in [2.05, 4.69) is 31.1 Å². The van der Waals surface area contributed by atoms with Gasteiger partial charge in [-0.1, -0.05) is 44.1 Å². The van der Waals surface area contributed by atoms with Gasteiger partial charge in [-0.3, -0.25) is 10.2 Å². The highest BCUT2D eigenvalue weighted by atomic mass is 16.5. The summed E-state index contributed by atoms with van der Waals surface area (Å²) in [4.78, 5) is 21.7. The minimum Gasteiger partial charge on any atom is -0.457 e. The fourth-order valence-electron chi connectivity index (χ4n) is 5.27. The predicted molar refractivity (Wildman–Crippen MR) is 170 cm³/mol. The van der Waals surface area contributed by atoms with Crippen LogP contribution in [0.5, 0.6) is 11.5 Å². The maximum atomic E-state index is 13.1. The number of nitrogens with one attached hydrogen (secondary N) is 4. The molecule has 0 saturated heterocycles. The third kappa shape index (κ3) is 7.23. The van der Waals surface area contributed by atoms with Crippen molar-refractivity contribution in [2.45, 2.75) is 70.0 Å². The van der Waals surface area contributed by atoms with Crippen LogP contribution in [0, 0.1) is 5.41 Å². The number of aromatic nitrogens is 3. The molecule has 1 aliphatic rings. The number of rotatable bonds is 10. The van der Waals surface area contributed by atoms with Crippen LogP contribution in [0.1, 0.15) is 75.1 Å². The fraction of sp³-hybridized carbons (Fsp3) is 0.364. The van der Waals surface area contributed by atoms with Crippen LogP contribution in [0.4, 0.5) is 11.6 Å². The van der Waals surface area contributed by atoms with Crippen LogP contribution < -0.4 is 26.4 Å². The van der Waals surface area contributed by atoms with E-state index in [1.165, 1.54) is 6.33 Å². The van der Waals surface area contributed by atoms with Gasteiger partial charge in [-0.15, -0.1) is 0 Å². The molecule has 2 aromatic heterocycles. The van der Waals surface area contributed by atoms with Crippen LogP contribution in [-0.4, -0.2) is 45.9 Å². The largest absolute Gasteiger partial charge is 0.457 e. The molecule has 6 N–H and O–H groups in total. The number of carbonyl (C=O) groups is 1. The Morgan fingerprint density at radius 1 is 1.00 bits per heavy atom. The van der Waals surface area contributed by atoms with Crippen molar-refractivity contribution in [2.75, 3.05) is 18.1 Å². The van der Waals surface area contributed by atoms with E-state index in [1.807, 2.05) is 81.4 Å². The molecule has 1 fully saturated rings. The minimum absolute atomic E-state index is 0.0373. The second kappa shape index (κ2) is 13.3. The number of para-hydroxylation sites is 1. The van der Waals surface area contributed by atoms with E-state index in [4.69, 9.17) is 20.4 Å². The smallest absolute Gasteiger partial charge is 0.243 e. The maximum Gasteiger partial charge on any atom is 0.243 e. The summed E-state index contributed by atoms with van der Waals surface area (Å²) in [5.74, 6) is 2.78. The molecule has 5 rings (SSSR count). The number of likely N-dealkylation sites (N-methyl/N-ethyl adjacent to an activating group) is 1. The number of hydrogen-bond acceptors (Lipinski definition) is 10. The van der Waals surface area contributed by atoms with Gasteiger partial charge in [0.1, 0.15) is 47.0 Å². The Hall–Kier alpha value is -4.77. The van der Waals surface area contributed by atoms with E-state index in [0.717, 1.165) is 37.2 Å². The Morgan fingerprint density at radius 2 is 1.66 bits per heavy atom. The first kappa shape index (κ1) is 30.7. The molecule has 44 heavy (non-hydrogen) atoms. The first-order valence-electron chi connectivity index (χ1n) is 14.9. The van der Waals surface area contributed by atoms with E-state index in [9.17, 15) is 4.79 Å². The summed E-state index contributed by atoms with van der Waals surface area (Å²) >= 11 is 0. The lowest BCUT2D eigenvalue weighted by Gasteiger charge is -2.31. The number of ether oxygens (including phenoxy) is 1. The highest BCUT2D eigenvalue weighted by molar-refractivity contribution is 6.16. The maximum absolute atomic E-state index is 13.1. The van der Waals surface area contributed by atoms with Gasteiger partial charge in [0.25, 0.3) is 0 Å². The Bertz CT molecular complexity index is 1570. The molecule has 2 heterocycles. The number of nitrogen functional groups attached to an aromatic ring is 1. The summed E-state index contributed by atoms with van der Waals surface area (Å²) in [6.07, 6.45) is 4.62. The van der Waals surface area contributed by atoms with Gasteiger partial charge >= 0.3 is 0 Å². The molecule has 1 saturated carbocycles. The van der Waals surface area contributed by atoms with E-state index in [1.54, 1.807) is 7.05 Å². The predicted octanol–water partition coefficient (Wildman–Crippen LogP) is 5.35. The SMILES string of the molecule is CN[C@@H](C(=O)NC1CCC(Nc2ncnc(N)c2C(=N)c2ccc(Oc3ccccc3)cc2)CC1)c1cc(C(C)(C)C)on1. The molecule has 1 aliphatic carbocycles. The monoisotopic (exact) mass is 596 g/mol. The van der Waals surface area contributed by atoms with Crippen LogP contribution >= 0.6 is 0 Å². The zero-order valence-corrected chi connectivity index (χ0v) is 25.6. The van der Waals surface area contributed by atoms with Gasteiger partial charge in [0, 0.05) is 29.1 Å². The van der Waals surface area contributed by atoms with E-state index >= 15 is 0 Å². The summed E-state index contributed by atoms with van der Waals surface area (Å²) in [5, 5.41) is 22.8. The number of anilines is 2. The standard InChI is InChI=1S/C33H40N8O3/c1-33(2,3)26-18-25(41-44-26)29(36-4)32(42)40-22-14-12-21(13-15-22)39-31-27(30(35)37-19-38-31)28(34)20-10-16-24(17-11-20)43-23-8-6-5-7-9-23/h5-11,16-19,21-22,29,34,36H,12-15H2,1-4H3,(H,40,42)(H3,35,37,38,39)/t21?,22?,29-/m1/s1. The summed E-state index contributed by atoms with van der Waals surface area (Å²) < 4.78 is 11.4. The van der Waals surface area contributed by atoms with Crippen LogP contribution in [0.15, 0.2) is 71.5 Å². The van der Waals surface area contributed by atoms with Crippen molar-refractivity contribution in [3.05, 3.63) is 89.6 Å². The molecule has 4 aromatic rings. The molecular formula is C33H40N8O3. The van der Waals surface area contributed by atoms with Gasteiger partial charge in [-0.25, -0.2) is 9.97 Å². The molecule has 0 aliphatic heterocycles. The van der Waals surface area contributed by atoms with Crippen molar-refractivity contribution < 1.29 is 14.1 Å². The van der Waals surface area contributed by atoms with Gasteiger partial charge < -0.3 is 30.9 Å². The summed E-state index contributed by atoms with van der Waals surface area (Å²) in [6.45, 7) is 6.12. The van der Waals surface area contributed by atoms with Crippen molar-refractivity contribution in [1.29, 1.82) is 5.41 Å². The average molecular weight is 597 g/mol. The molecular weight excluding hydrogens is 556 g/mol. The molecule has 11 nitrogen and oxygen atoms in total. The molecule has 11 heteroatoms. The summed E-state index contributed by atoms with van der Waals surface area (Å²) in [5.41, 5.74) is 7.99. The molecule has 1 atom stereocenters. The van der Waals surface area contributed by atoms with Crippen molar-refractivity contribution in [2.24, 2.45) is 0 Å². The average Bonchev–Trinajstić information content (AvgIpc) is 3.50. The van der Waals surface area contributed by atoms with Crippen LogP contribution in [0.3, 0.4) is 0 Å². The van der Waals surface area contributed by atoms with Crippen LogP contribution in [-0.2, 0) is 10.2 Å². The third-order valence-electron chi connectivity index (χ3n) is 7.78. The summed E-state index contributed by atoms with van der Waals surface area (Å²) in [7, 11) is 1.74. The van der Waals surface area contributed by atoms with Crippen molar-refractivity contribution in [1.82, 2.24) is 25.8 Å². The lowest BCUT2D eigenvalue weighted by molar-refractivity contribution is -0.124. The van der Waals surface area contributed by atoms with E-state index in [0.29, 0.717) is 28.4 Å². The van der Waals surface area contributed by atoms with Crippen molar-refractivity contribution in [3.63, 3.8) is 0 Å². The Morgan fingerprint density at radius 3 is 2.30 bits per heavy atom. The first-order chi connectivity index (χ1) is 21.1. The Kier molecular flexibility index (Phi) is 9.24. The molecule has 0 bridgehead atoms. The van der Waals surface area contributed by atoms with Gasteiger partial charge in [0.15, 0.2) is 0 Å². The minimum atomic E-state index is -0.595. The number of carbonyl (C=O) groups excluding carboxylic acids is 1. The Labute approximate surface area is 257 Å². The normalized spacial score (nSPS) is 17.5. The number of amides is 1. The number of benzene rings is 2. The molecule has 230 valence electrons. The summed E-state index contributed by atoms with van der Waals surface area (Å²) in [6, 6.07) is 18.2. The van der Waals surface area contributed by atoms with Crippen LogP contribution in [0.25, 0.3) is 0 Å². The molecule has 2 aromatic carbocycles. The fourth-order valence-corrected chi connectivity index (χ4v) is 5.27. The highest BCUT2D eigenvalue weighted by Crippen LogP contribution is 2.29. The van der Waals surface area contributed by atoms with E-state index < -0.39 is 6.04 Å². The van der Waals surface area contributed by atoms with Gasteiger partial charge in [-0.2, -0.15) is 0 Å². The molecule has 0 radical (unpaired) electrons. The van der Waals surface area contributed by atoms with Crippen LogP contribution in [0.2, 0.25) is 0 Å². The lowest BCUT2D eigenvalue weighted by atomic mass is 9.90. The first-order valence-corrected chi connectivity index (χ1v) is 14.9. The highest BCUT2D eigenvalue weighted by Gasteiger charge is 2.30. The zero-order chi connectivity index (χ0) is 31.3. The second-order valence-electron chi connectivity index (χ2n) is 12.1. The van der Waals surface area contributed by atoms with Gasteiger partial charge in [0.2, 0.25) is 5.91 Å². The third-order valence-corrected chi connectivity index (χ3v) is 7.78. The van der Waals surface area contributed by atoms with Gasteiger partial charge in [0.05, 0.1) is 11.3 Å². The van der Waals surface area contributed by atoms with Crippen molar-refractivity contribution in [3.8, 4) is 11.5 Å². The quantitative estimate of drug-likeness (QED) is 0.152. The van der Waals surface area contributed by atoms with Crippen molar-refractivity contribution >= 4 is 23.3 Å². The Balaban J connectivity index is 1.19. The second-order valence-corrected chi connectivity index (χ2v) is 12.1. The van der Waals surface area contributed by atoms with Gasteiger partial charge in [-0.05, 0) is 69.1 Å². The zero-order valence-electron chi connectivity index (χ0n) is 25.6. The lowest BCUT2D eigenvalue weighted by Crippen LogP contribution is -2.44. The topological polar surface area (TPSA) is 164 Å². The molecule has 0 spiro atoms. The number of nitrogens with zero attached hydrogens (tertiary/aromatic N) is 3. The van der Waals surface area contributed by atoms with E-state index in [-0.39, 0.29) is 34.9 Å². The number of hydrogen-bond donors (Lipinski definition) is 5.